The van der Waals surface area contributed by atoms with Gasteiger partial charge in [0.1, 0.15) is 5.69 Å². The molecule has 0 atom stereocenters. The Kier molecular flexibility index (Phi) is 5.64. The molecule has 0 bridgehead atoms. The maximum Gasteiger partial charge on any atom is 0.339 e. The Balaban J connectivity index is 2.01. The Labute approximate surface area is 145 Å². The lowest BCUT2D eigenvalue weighted by Gasteiger charge is -2.08. The molecule has 0 unspecified atom stereocenters. The smallest absolute Gasteiger partial charge is 0.339 e. The molecular formula is C16H13BrN2O5. The monoisotopic (exact) mass is 392 g/mol. The van der Waals surface area contributed by atoms with Gasteiger partial charge in [-0.05, 0) is 46.6 Å². The van der Waals surface area contributed by atoms with E-state index >= 15 is 0 Å². The third kappa shape index (κ3) is 4.39. The standard InChI is InChI=1S/C16H13BrN2O5/c1-10-6-7-13(14(8-10)19(22)23)18-15(20)9-24-16(21)11-4-2-3-5-12(11)17/h2-8H,9H2,1H3,(H,18,20). The summed E-state index contributed by atoms with van der Waals surface area (Å²) in [6, 6.07) is 11.0. The molecule has 0 aromatic heterocycles. The molecule has 2 aromatic carbocycles. The second kappa shape index (κ2) is 7.69. The second-order valence-electron chi connectivity index (χ2n) is 4.88. The Morgan fingerprint density at radius 1 is 1.25 bits per heavy atom. The number of halogens is 1. The van der Waals surface area contributed by atoms with Crippen LogP contribution >= 0.6 is 15.9 Å². The minimum absolute atomic E-state index is 0.0486. The maximum atomic E-state index is 11.9. The maximum absolute atomic E-state index is 11.9. The number of ether oxygens (including phenoxy) is 1. The number of carbonyl (C=O) groups excluding carboxylic acids is 2. The molecule has 2 rings (SSSR count). The van der Waals surface area contributed by atoms with E-state index in [0.717, 1.165) is 0 Å². The SMILES string of the molecule is Cc1ccc(NC(=O)COC(=O)c2ccccc2Br)c([N+](=O)[O-])c1. The Bertz CT molecular complexity index is 807. The molecule has 0 aliphatic rings. The summed E-state index contributed by atoms with van der Waals surface area (Å²) >= 11 is 3.21. The summed E-state index contributed by atoms with van der Waals surface area (Å²) < 4.78 is 5.46. The fourth-order valence-corrected chi connectivity index (χ4v) is 2.37. The van der Waals surface area contributed by atoms with E-state index < -0.39 is 23.4 Å². The van der Waals surface area contributed by atoms with Gasteiger partial charge in [0.05, 0.1) is 10.5 Å². The van der Waals surface area contributed by atoms with Crippen LogP contribution in [0.1, 0.15) is 15.9 Å². The highest BCUT2D eigenvalue weighted by Crippen LogP contribution is 2.25. The topological polar surface area (TPSA) is 98.5 Å². The zero-order chi connectivity index (χ0) is 17.7. The van der Waals surface area contributed by atoms with Gasteiger partial charge in [-0.3, -0.25) is 14.9 Å². The minimum atomic E-state index is -0.670. The minimum Gasteiger partial charge on any atom is -0.452 e. The Morgan fingerprint density at radius 3 is 2.62 bits per heavy atom. The average Bonchev–Trinajstić information content (AvgIpc) is 2.54. The van der Waals surface area contributed by atoms with E-state index in [2.05, 4.69) is 21.2 Å². The highest BCUT2D eigenvalue weighted by molar-refractivity contribution is 9.10. The molecule has 0 saturated carbocycles. The van der Waals surface area contributed by atoms with Crippen molar-refractivity contribution in [2.45, 2.75) is 6.92 Å². The molecule has 24 heavy (non-hydrogen) atoms. The molecule has 2 aromatic rings. The molecule has 1 amide bonds. The van der Waals surface area contributed by atoms with Crippen LogP contribution in [0.25, 0.3) is 0 Å². The number of rotatable bonds is 5. The molecule has 0 spiro atoms. The van der Waals surface area contributed by atoms with Crippen molar-refractivity contribution in [1.29, 1.82) is 0 Å². The first kappa shape index (κ1) is 17.6. The van der Waals surface area contributed by atoms with E-state index in [1.165, 1.54) is 12.1 Å². The van der Waals surface area contributed by atoms with Gasteiger partial charge in [-0.1, -0.05) is 18.2 Å². The highest BCUT2D eigenvalue weighted by atomic mass is 79.9. The number of amides is 1. The van der Waals surface area contributed by atoms with Crippen LogP contribution in [0.4, 0.5) is 11.4 Å². The normalized spacial score (nSPS) is 10.1. The van der Waals surface area contributed by atoms with E-state index in [0.29, 0.717) is 10.0 Å². The van der Waals surface area contributed by atoms with Gasteiger partial charge in [0.15, 0.2) is 6.61 Å². The van der Waals surface area contributed by atoms with Crippen molar-refractivity contribution in [1.82, 2.24) is 0 Å². The van der Waals surface area contributed by atoms with Crippen LogP contribution in [-0.4, -0.2) is 23.4 Å². The first-order valence-electron chi connectivity index (χ1n) is 6.85. The summed E-state index contributed by atoms with van der Waals surface area (Å²) in [5.74, 6) is -1.33. The lowest BCUT2D eigenvalue weighted by molar-refractivity contribution is -0.384. The summed E-state index contributed by atoms with van der Waals surface area (Å²) in [6.07, 6.45) is 0. The molecule has 0 aliphatic carbocycles. The van der Waals surface area contributed by atoms with E-state index in [1.54, 1.807) is 37.3 Å². The van der Waals surface area contributed by atoms with Crippen molar-refractivity contribution in [2.75, 3.05) is 11.9 Å². The van der Waals surface area contributed by atoms with Crippen LogP contribution in [0, 0.1) is 17.0 Å². The molecule has 0 fully saturated rings. The summed E-state index contributed by atoms with van der Waals surface area (Å²) in [5, 5.41) is 13.4. The number of hydrogen-bond donors (Lipinski definition) is 1. The van der Waals surface area contributed by atoms with E-state index in [4.69, 9.17) is 4.74 Å². The van der Waals surface area contributed by atoms with Crippen molar-refractivity contribution in [3.63, 3.8) is 0 Å². The van der Waals surface area contributed by atoms with Gasteiger partial charge in [-0.25, -0.2) is 4.79 Å². The average molecular weight is 393 g/mol. The van der Waals surface area contributed by atoms with Crippen LogP contribution in [0.2, 0.25) is 0 Å². The molecular weight excluding hydrogens is 380 g/mol. The quantitative estimate of drug-likeness (QED) is 0.477. The fourth-order valence-electron chi connectivity index (χ4n) is 1.92. The number of hydrogen-bond acceptors (Lipinski definition) is 5. The summed E-state index contributed by atoms with van der Waals surface area (Å²) in [5.41, 5.74) is 0.805. The third-order valence-electron chi connectivity index (χ3n) is 3.05. The van der Waals surface area contributed by atoms with E-state index in [1.807, 2.05) is 0 Å². The zero-order valence-corrected chi connectivity index (χ0v) is 14.2. The highest BCUT2D eigenvalue weighted by Gasteiger charge is 2.17. The first-order valence-corrected chi connectivity index (χ1v) is 7.64. The predicted molar refractivity (Wildman–Crippen MR) is 90.9 cm³/mol. The number of nitro benzene ring substituents is 1. The van der Waals surface area contributed by atoms with Crippen molar-refractivity contribution in [2.24, 2.45) is 0 Å². The summed E-state index contributed by atoms with van der Waals surface area (Å²) in [4.78, 5) is 34.2. The molecule has 8 heteroatoms. The molecule has 7 nitrogen and oxygen atoms in total. The number of nitro groups is 1. The van der Waals surface area contributed by atoms with E-state index in [-0.39, 0.29) is 16.9 Å². The summed E-state index contributed by atoms with van der Waals surface area (Å²) in [7, 11) is 0. The second-order valence-corrected chi connectivity index (χ2v) is 5.74. The van der Waals surface area contributed by atoms with Crippen LogP contribution in [0.3, 0.4) is 0 Å². The molecule has 0 radical (unpaired) electrons. The third-order valence-corrected chi connectivity index (χ3v) is 3.74. The predicted octanol–water partition coefficient (Wildman–Crippen LogP) is 3.46. The fraction of sp³-hybridized carbons (Fsp3) is 0.125. The molecule has 1 N–H and O–H groups in total. The van der Waals surface area contributed by atoms with Gasteiger partial charge in [0.2, 0.25) is 0 Å². The van der Waals surface area contributed by atoms with Crippen molar-refractivity contribution < 1.29 is 19.2 Å². The van der Waals surface area contributed by atoms with Crippen LogP contribution in [0.5, 0.6) is 0 Å². The van der Waals surface area contributed by atoms with Gasteiger partial charge in [-0.2, -0.15) is 0 Å². The molecule has 0 saturated heterocycles. The number of anilines is 1. The number of aryl methyl sites for hydroxylation is 1. The molecule has 124 valence electrons. The summed E-state index contributed by atoms with van der Waals surface area (Å²) in [6.45, 7) is 1.16. The van der Waals surface area contributed by atoms with Crippen molar-refractivity contribution in [3.8, 4) is 0 Å². The van der Waals surface area contributed by atoms with Crippen molar-refractivity contribution >= 4 is 39.2 Å². The lowest BCUT2D eigenvalue weighted by Crippen LogP contribution is -2.21. The number of benzene rings is 2. The van der Waals surface area contributed by atoms with Gasteiger partial charge in [0, 0.05) is 10.5 Å². The number of nitrogens with zero attached hydrogens (tertiary/aromatic N) is 1. The molecule has 0 heterocycles. The van der Waals surface area contributed by atoms with E-state index in [9.17, 15) is 19.7 Å². The number of nitrogens with one attached hydrogen (secondary N) is 1. The number of esters is 1. The first-order chi connectivity index (χ1) is 11.4. The van der Waals surface area contributed by atoms with Gasteiger partial charge in [0.25, 0.3) is 11.6 Å². The van der Waals surface area contributed by atoms with Gasteiger partial charge >= 0.3 is 5.97 Å². The van der Waals surface area contributed by atoms with Gasteiger partial charge < -0.3 is 10.1 Å². The van der Waals surface area contributed by atoms with Crippen LogP contribution in [0.15, 0.2) is 46.9 Å². The largest absolute Gasteiger partial charge is 0.452 e. The zero-order valence-electron chi connectivity index (χ0n) is 12.6. The van der Waals surface area contributed by atoms with Crippen molar-refractivity contribution in [3.05, 3.63) is 68.2 Å². The molecule has 0 aliphatic heterocycles. The number of carbonyl (C=O) groups is 2. The van der Waals surface area contributed by atoms with Crippen LogP contribution in [-0.2, 0) is 9.53 Å². The Morgan fingerprint density at radius 2 is 1.96 bits per heavy atom. The van der Waals surface area contributed by atoms with Gasteiger partial charge in [-0.15, -0.1) is 0 Å². The lowest BCUT2D eigenvalue weighted by atomic mass is 10.2. The van der Waals surface area contributed by atoms with Crippen LogP contribution < -0.4 is 5.32 Å². The Hall–Kier alpha value is -2.74.